The normalized spacial score (nSPS) is 20.0. The van der Waals surface area contributed by atoms with Crippen LogP contribution in [0.1, 0.15) is 43.4 Å². The first-order valence-electron chi connectivity index (χ1n) is 10.6. The number of aryl methyl sites for hydroxylation is 1. The predicted octanol–water partition coefficient (Wildman–Crippen LogP) is -0.906. The van der Waals surface area contributed by atoms with E-state index < -0.39 is 48.1 Å². The van der Waals surface area contributed by atoms with Crippen LogP contribution in [0.5, 0.6) is 0 Å². The summed E-state index contributed by atoms with van der Waals surface area (Å²) in [5.74, 6) is -1.90. The Balaban J connectivity index is 2.05. The maximum absolute atomic E-state index is 12.9. The number of carbonyl (C=O) groups excluding carboxylic acids is 4. The minimum atomic E-state index is -1.35. The van der Waals surface area contributed by atoms with Crippen molar-refractivity contribution in [3.63, 3.8) is 0 Å². The lowest BCUT2D eigenvalue weighted by atomic mass is 9.93. The number of ether oxygens (including phenoxy) is 2. The lowest BCUT2D eigenvalue weighted by Gasteiger charge is -2.25. The summed E-state index contributed by atoms with van der Waals surface area (Å²) in [5, 5.41) is 20.6. The number of hydrogen-bond acceptors (Lipinski definition) is 9. The Morgan fingerprint density at radius 1 is 1.15 bits per heavy atom. The van der Waals surface area contributed by atoms with Gasteiger partial charge in [-0.15, -0.1) is 0 Å². The number of aliphatic hydroxyl groups excluding tert-OH is 1. The first-order valence-corrected chi connectivity index (χ1v) is 10.6. The van der Waals surface area contributed by atoms with Crippen molar-refractivity contribution in [3.8, 4) is 0 Å². The summed E-state index contributed by atoms with van der Waals surface area (Å²) in [6.07, 6.45) is 0.392. The van der Waals surface area contributed by atoms with Crippen LogP contribution < -0.4 is 16.0 Å². The van der Waals surface area contributed by atoms with Crippen LogP contribution in [-0.2, 0) is 23.9 Å². The highest BCUT2D eigenvalue weighted by molar-refractivity contribution is 5.99. The summed E-state index contributed by atoms with van der Waals surface area (Å²) in [4.78, 5) is 50.5. The second-order valence-electron chi connectivity index (χ2n) is 8.62. The van der Waals surface area contributed by atoms with Gasteiger partial charge in [-0.05, 0) is 26.2 Å². The molecular weight excluding hydrogens is 436 g/mol. The molecule has 0 aromatic carbocycles. The smallest absolute Gasteiger partial charge is 0.274 e. The van der Waals surface area contributed by atoms with Crippen molar-refractivity contribution in [2.45, 2.75) is 57.8 Å². The molecule has 0 saturated carbocycles. The molecule has 0 aliphatic carbocycles. The molecule has 3 amide bonds. The Labute approximate surface area is 191 Å². The van der Waals surface area contributed by atoms with Gasteiger partial charge in [0.1, 0.15) is 23.4 Å². The topological polar surface area (TPSA) is 172 Å². The van der Waals surface area contributed by atoms with Crippen molar-refractivity contribution >= 4 is 23.5 Å². The van der Waals surface area contributed by atoms with Gasteiger partial charge < -0.3 is 35.1 Å². The van der Waals surface area contributed by atoms with Gasteiger partial charge in [-0.3, -0.25) is 19.2 Å². The summed E-state index contributed by atoms with van der Waals surface area (Å²) in [5.41, 5.74) is -0.978. The van der Waals surface area contributed by atoms with Gasteiger partial charge in [-0.1, -0.05) is 19.0 Å². The first kappa shape index (κ1) is 26.4. The van der Waals surface area contributed by atoms with Crippen LogP contribution in [0.15, 0.2) is 10.6 Å². The Morgan fingerprint density at radius 2 is 1.76 bits per heavy atom. The number of hydrogen-bond donors (Lipinski definition) is 4. The van der Waals surface area contributed by atoms with Gasteiger partial charge in [0.25, 0.3) is 5.91 Å². The molecule has 4 unspecified atom stereocenters. The highest BCUT2D eigenvalue weighted by atomic mass is 16.6. The average molecular weight is 469 g/mol. The predicted molar refractivity (Wildman–Crippen MR) is 114 cm³/mol. The third-order valence-electron chi connectivity index (χ3n) is 5.07. The molecule has 1 saturated heterocycles. The molecule has 4 atom stereocenters. The molecule has 0 spiro atoms. The highest BCUT2D eigenvalue weighted by Gasteiger charge is 2.50. The molecule has 0 bridgehead atoms. The van der Waals surface area contributed by atoms with E-state index in [1.807, 2.05) is 13.8 Å². The highest BCUT2D eigenvalue weighted by Crippen LogP contribution is 2.29. The number of carbonyl (C=O) groups is 4. The third-order valence-corrected chi connectivity index (χ3v) is 5.07. The zero-order valence-electron chi connectivity index (χ0n) is 19.5. The Bertz CT molecular complexity index is 864. The fourth-order valence-electron chi connectivity index (χ4n) is 3.12. The zero-order valence-corrected chi connectivity index (χ0v) is 19.5. The van der Waals surface area contributed by atoms with Crippen molar-refractivity contribution in [3.05, 3.63) is 17.5 Å². The zero-order chi connectivity index (χ0) is 24.8. The third kappa shape index (κ3) is 7.34. The lowest BCUT2D eigenvalue weighted by Crippen LogP contribution is -2.58. The second kappa shape index (κ2) is 11.3. The van der Waals surface area contributed by atoms with Gasteiger partial charge in [0.05, 0.1) is 25.9 Å². The van der Waals surface area contributed by atoms with Crippen molar-refractivity contribution in [1.29, 1.82) is 0 Å². The average Bonchev–Trinajstić information content (AvgIpc) is 3.35. The van der Waals surface area contributed by atoms with Crippen LogP contribution in [0.2, 0.25) is 0 Å². The number of nitrogens with zero attached hydrogens (tertiary/aromatic N) is 1. The summed E-state index contributed by atoms with van der Waals surface area (Å²) in [7, 11) is 1.35. The monoisotopic (exact) mass is 468 g/mol. The summed E-state index contributed by atoms with van der Waals surface area (Å²) in [6, 6.07) is -1.95. The van der Waals surface area contributed by atoms with E-state index in [0.29, 0.717) is 12.2 Å². The Hall–Kier alpha value is -2.83. The Kier molecular flexibility index (Phi) is 9.08. The van der Waals surface area contributed by atoms with Gasteiger partial charge in [0.2, 0.25) is 11.8 Å². The summed E-state index contributed by atoms with van der Waals surface area (Å²) < 4.78 is 15.1. The number of aromatic nitrogens is 1. The van der Waals surface area contributed by atoms with Gasteiger partial charge in [0, 0.05) is 13.2 Å². The molecular formula is C21H32N4O8. The number of Topliss-reactive ketones (excluding diaryl/α,β-unsaturated/α-hetero) is 1. The minimum absolute atomic E-state index is 0.0595. The van der Waals surface area contributed by atoms with E-state index in [-0.39, 0.29) is 30.6 Å². The van der Waals surface area contributed by atoms with E-state index >= 15 is 0 Å². The molecule has 1 aromatic rings. The van der Waals surface area contributed by atoms with Gasteiger partial charge in [0.15, 0.2) is 11.5 Å². The van der Waals surface area contributed by atoms with Gasteiger partial charge in [-0.25, -0.2) is 0 Å². The Morgan fingerprint density at radius 3 is 2.24 bits per heavy atom. The first-order chi connectivity index (χ1) is 15.5. The lowest BCUT2D eigenvalue weighted by molar-refractivity contribution is -0.134. The van der Waals surface area contributed by atoms with Crippen molar-refractivity contribution < 1.29 is 38.3 Å². The summed E-state index contributed by atoms with van der Waals surface area (Å²) >= 11 is 0. The number of aliphatic hydroxyl groups is 1. The van der Waals surface area contributed by atoms with E-state index in [2.05, 4.69) is 21.1 Å². The van der Waals surface area contributed by atoms with Crippen molar-refractivity contribution in [1.82, 2.24) is 21.1 Å². The molecule has 33 heavy (non-hydrogen) atoms. The molecule has 4 N–H and O–H groups in total. The van der Waals surface area contributed by atoms with E-state index in [4.69, 9.17) is 14.0 Å². The number of amides is 3. The fourth-order valence-corrected chi connectivity index (χ4v) is 3.12. The number of nitrogens with one attached hydrogen (secondary N) is 3. The van der Waals surface area contributed by atoms with Crippen LogP contribution in [-0.4, -0.2) is 84.4 Å². The maximum Gasteiger partial charge on any atom is 0.274 e. The molecule has 2 heterocycles. The fraction of sp³-hybridized carbons (Fsp3) is 0.667. The van der Waals surface area contributed by atoms with Crippen LogP contribution in [0.25, 0.3) is 0 Å². The van der Waals surface area contributed by atoms with Crippen molar-refractivity contribution in [2.24, 2.45) is 5.92 Å². The van der Waals surface area contributed by atoms with E-state index in [1.165, 1.54) is 13.2 Å². The molecule has 12 nitrogen and oxygen atoms in total. The molecule has 12 heteroatoms. The largest absolute Gasteiger partial charge is 0.394 e. The van der Waals surface area contributed by atoms with Crippen LogP contribution in [0.3, 0.4) is 0 Å². The van der Waals surface area contributed by atoms with Crippen LogP contribution in [0.4, 0.5) is 0 Å². The minimum Gasteiger partial charge on any atom is -0.394 e. The molecule has 1 aromatic heterocycles. The SMILES string of the molecule is COCC(NC(=O)C(CO)NC(=O)c1cc(C)on1)C(=O)NC(CC(C)C)C(=O)C1(C)CO1. The standard InChI is InChI=1S/C21H32N4O8/c1-11(2)6-13(17(27)21(4)10-32-21)22-20(30)16(9-31-5)24-19(29)15(8-26)23-18(28)14-7-12(3)33-25-14/h7,11,13,15-16,26H,6,8-10H2,1-5H3,(H,22,30)(H,23,28)(H,24,29). The molecule has 1 fully saturated rings. The molecule has 2 rings (SSSR count). The molecule has 0 radical (unpaired) electrons. The van der Waals surface area contributed by atoms with Crippen LogP contribution >= 0.6 is 0 Å². The second-order valence-corrected chi connectivity index (χ2v) is 8.62. The molecule has 1 aliphatic heterocycles. The number of methoxy groups -OCH3 is 1. The number of ketones is 1. The number of rotatable bonds is 13. The van der Waals surface area contributed by atoms with Crippen LogP contribution in [0, 0.1) is 12.8 Å². The van der Waals surface area contributed by atoms with E-state index in [1.54, 1.807) is 13.8 Å². The molecule has 184 valence electrons. The quantitative estimate of drug-likeness (QED) is 0.267. The van der Waals surface area contributed by atoms with E-state index in [0.717, 1.165) is 0 Å². The van der Waals surface area contributed by atoms with Gasteiger partial charge >= 0.3 is 0 Å². The maximum atomic E-state index is 12.9. The molecule has 1 aliphatic rings. The number of epoxide rings is 1. The van der Waals surface area contributed by atoms with E-state index in [9.17, 15) is 24.3 Å². The van der Waals surface area contributed by atoms with Gasteiger partial charge in [-0.2, -0.15) is 0 Å². The van der Waals surface area contributed by atoms with Crippen molar-refractivity contribution in [2.75, 3.05) is 26.9 Å². The summed E-state index contributed by atoms with van der Waals surface area (Å²) in [6.45, 7) is 6.47.